The molecule has 0 saturated carbocycles. The quantitative estimate of drug-likeness (QED) is 0.441. The van der Waals surface area contributed by atoms with E-state index in [4.69, 9.17) is 4.42 Å². The number of ketones is 1. The molecule has 0 amide bonds. The Hall–Kier alpha value is -3.73. The molecule has 130 valence electrons. The predicted molar refractivity (Wildman–Crippen MR) is 103 cm³/mol. The highest BCUT2D eigenvalue weighted by atomic mass is 16.3. The molecule has 0 aliphatic heterocycles. The largest absolute Gasteiger partial charge is 0.450 e. The molecule has 5 heteroatoms. The average Bonchev–Trinajstić information content (AvgIpc) is 3.31. The Morgan fingerprint density at radius 1 is 0.963 bits per heavy atom. The van der Waals surface area contributed by atoms with E-state index in [0.29, 0.717) is 22.7 Å². The van der Waals surface area contributed by atoms with Gasteiger partial charge in [0.05, 0.1) is 5.39 Å². The summed E-state index contributed by atoms with van der Waals surface area (Å²) in [5, 5.41) is 11.1. The Labute approximate surface area is 154 Å². The fraction of sp³-hybridized carbons (Fsp3) is 0.0455. The van der Waals surface area contributed by atoms with Gasteiger partial charge in [-0.25, -0.2) is 0 Å². The van der Waals surface area contributed by atoms with Crippen LogP contribution in [-0.4, -0.2) is 20.5 Å². The molecule has 0 saturated heterocycles. The van der Waals surface area contributed by atoms with Crippen molar-refractivity contribution in [2.75, 3.05) is 0 Å². The number of fused-ring (bicyclic) bond motifs is 3. The van der Waals surface area contributed by atoms with Crippen molar-refractivity contribution in [2.24, 2.45) is 0 Å². The molecule has 2 aromatic heterocycles. The molecule has 0 unspecified atom stereocenters. The van der Waals surface area contributed by atoms with Gasteiger partial charge in [-0.05, 0) is 23.8 Å². The van der Waals surface area contributed by atoms with E-state index in [2.05, 4.69) is 10.2 Å². The summed E-state index contributed by atoms with van der Waals surface area (Å²) in [6.45, 7) is 1.85. The molecule has 5 aromatic rings. The van der Waals surface area contributed by atoms with Crippen LogP contribution < -0.4 is 0 Å². The zero-order chi connectivity index (χ0) is 18.4. The first-order chi connectivity index (χ1) is 13.2. The van der Waals surface area contributed by atoms with E-state index in [1.807, 2.05) is 66.1 Å². The first-order valence-corrected chi connectivity index (χ1v) is 8.65. The maximum Gasteiger partial charge on any atom is 0.230 e. The van der Waals surface area contributed by atoms with Crippen molar-refractivity contribution >= 4 is 27.5 Å². The lowest BCUT2D eigenvalue weighted by Crippen LogP contribution is -2.06. The number of aryl methyl sites for hydroxylation is 1. The fourth-order valence-electron chi connectivity index (χ4n) is 3.47. The van der Waals surface area contributed by atoms with Gasteiger partial charge in [-0.15, -0.1) is 10.2 Å². The first kappa shape index (κ1) is 15.5. The molecule has 0 aliphatic carbocycles. The molecule has 0 spiro atoms. The highest BCUT2D eigenvalue weighted by molar-refractivity contribution is 6.18. The molecule has 0 atom stereocenters. The molecule has 27 heavy (non-hydrogen) atoms. The summed E-state index contributed by atoms with van der Waals surface area (Å²) in [4.78, 5) is 13.2. The van der Waals surface area contributed by atoms with Gasteiger partial charge < -0.3 is 4.42 Å². The van der Waals surface area contributed by atoms with Crippen LogP contribution in [0.25, 0.3) is 27.4 Å². The molecule has 5 rings (SSSR count). The normalized spacial score (nSPS) is 11.3. The summed E-state index contributed by atoms with van der Waals surface area (Å²) in [5.41, 5.74) is 1.92. The van der Waals surface area contributed by atoms with E-state index < -0.39 is 0 Å². The Balaban J connectivity index is 1.90. The maximum atomic E-state index is 13.2. The third-order valence-corrected chi connectivity index (χ3v) is 4.76. The number of nitrogens with zero attached hydrogens (tertiary/aromatic N) is 3. The van der Waals surface area contributed by atoms with Gasteiger partial charge >= 0.3 is 0 Å². The molecular weight excluding hydrogens is 338 g/mol. The van der Waals surface area contributed by atoms with Gasteiger partial charge in [-0.3, -0.25) is 9.36 Å². The SMILES string of the molecule is Cc1nncn1-c1c(C(=O)c2ccccc2)oc2ccc3ccccc3c12. The second-order valence-electron chi connectivity index (χ2n) is 6.38. The smallest absolute Gasteiger partial charge is 0.230 e. The van der Waals surface area contributed by atoms with E-state index in [0.717, 1.165) is 16.2 Å². The van der Waals surface area contributed by atoms with E-state index in [1.54, 1.807) is 18.5 Å². The van der Waals surface area contributed by atoms with Crippen LogP contribution in [0, 0.1) is 6.92 Å². The Morgan fingerprint density at radius 3 is 2.52 bits per heavy atom. The van der Waals surface area contributed by atoms with Gasteiger partial charge in [0.2, 0.25) is 5.78 Å². The lowest BCUT2D eigenvalue weighted by molar-refractivity contribution is 0.101. The van der Waals surface area contributed by atoms with Crippen LogP contribution in [0.1, 0.15) is 21.9 Å². The van der Waals surface area contributed by atoms with Crippen molar-refractivity contribution in [3.8, 4) is 5.69 Å². The standard InChI is InChI=1S/C22H15N3O2/c1-14-24-23-13-25(14)20-19-17-10-6-5-7-15(17)11-12-18(19)27-22(20)21(26)16-8-3-2-4-9-16/h2-13H,1H3. The summed E-state index contributed by atoms with van der Waals surface area (Å²) in [7, 11) is 0. The van der Waals surface area contributed by atoms with Crippen LogP contribution in [0.3, 0.4) is 0 Å². The summed E-state index contributed by atoms with van der Waals surface area (Å²) in [6.07, 6.45) is 1.61. The van der Waals surface area contributed by atoms with Crippen molar-refractivity contribution in [3.63, 3.8) is 0 Å². The van der Waals surface area contributed by atoms with Crippen LogP contribution in [-0.2, 0) is 0 Å². The number of carbonyl (C=O) groups is 1. The monoisotopic (exact) mass is 353 g/mol. The third-order valence-electron chi connectivity index (χ3n) is 4.76. The molecule has 2 heterocycles. The number of carbonyl (C=O) groups excluding carboxylic acids is 1. The number of hydrogen-bond acceptors (Lipinski definition) is 4. The van der Waals surface area contributed by atoms with E-state index in [9.17, 15) is 4.79 Å². The topological polar surface area (TPSA) is 60.9 Å². The number of benzene rings is 3. The van der Waals surface area contributed by atoms with Crippen molar-refractivity contribution < 1.29 is 9.21 Å². The van der Waals surface area contributed by atoms with Gasteiger partial charge in [-0.1, -0.05) is 60.7 Å². The lowest BCUT2D eigenvalue weighted by atomic mass is 10.0. The molecule has 0 N–H and O–H groups in total. The van der Waals surface area contributed by atoms with Crippen molar-refractivity contribution in [1.82, 2.24) is 14.8 Å². The number of rotatable bonds is 3. The van der Waals surface area contributed by atoms with E-state index >= 15 is 0 Å². The molecule has 0 bridgehead atoms. The molecular formula is C22H15N3O2. The van der Waals surface area contributed by atoms with Crippen molar-refractivity contribution in [3.05, 3.63) is 90.2 Å². The Kier molecular flexibility index (Phi) is 3.40. The van der Waals surface area contributed by atoms with Gasteiger partial charge in [-0.2, -0.15) is 0 Å². The number of aromatic nitrogens is 3. The predicted octanol–water partition coefficient (Wildman–Crippen LogP) is 4.71. The second-order valence-corrected chi connectivity index (χ2v) is 6.38. The Morgan fingerprint density at radius 2 is 1.74 bits per heavy atom. The summed E-state index contributed by atoms with van der Waals surface area (Å²) >= 11 is 0. The highest BCUT2D eigenvalue weighted by Gasteiger charge is 2.25. The fourth-order valence-corrected chi connectivity index (χ4v) is 3.47. The first-order valence-electron chi connectivity index (χ1n) is 8.65. The number of furan rings is 1. The van der Waals surface area contributed by atoms with E-state index in [1.165, 1.54) is 0 Å². The molecule has 3 aromatic carbocycles. The highest BCUT2D eigenvalue weighted by Crippen LogP contribution is 2.36. The van der Waals surface area contributed by atoms with E-state index in [-0.39, 0.29) is 11.5 Å². The zero-order valence-electron chi connectivity index (χ0n) is 14.6. The Bertz CT molecular complexity index is 1300. The van der Waals surface area contributed by atoms with Crippen LogP contribution in [0.15, 0.2) is 77.5 Å². The summed E-state index contributed by atoms with van der Waals surface area (Å²) in [6, 6.07) is 21.1. The summed E-state index contributed by atoms with van der Waals surface area (Å²) in [5.74, 6) is 0.808. The summed E-state index contributed by atoms with van der Waals surface area (Å²) < 4.78 is 7.89. The molecule has 0 aliphatic rings. The van der Waals surface area contributed by atoms with Gasteiger partial charge in [0.1, 0.15) is 23.4 Å². The minimum Gasteiger partial charge on any atom is -0.450 e. The van der Waals surface area contributed by atoms with Crippen LogP contribution in [0.4, 0.5) is 0 Å². The third kappa shape index (κ3) is 2.36. The van der Waals surface area contributed by atoms with Crippen LogP contribution >= 0.6 is 0 Å². The average molecular weight is 353 g/mol. The van der Waals surface area contributed by atoms with Crippen LogP contribution in [0.5, 0.6) is 0 Å². The van der Waals surface area contributed by atoms with Gasteiger partial charge in [0.15, 0.2) is 5.76 Å². The minimum absolute atomic E-state index is 0.168. The van der Waals surface area contributed by atoms with Crippen molar-refractivity contribution in [1.29, 1.82) is 0 Å². The van der Waals surface area contributed by atoms with Crippen LogP contribution in [0.2, 0.25) is 0 Å². The van der Waals surface area contributed by atoms with Crippen molar-refractivity contribution in [2.45, 2.75) is 6.92 Å². The zero-order valence-corrected chi connectivity index (χ0v) is 14.6. The molecule has 5 nitrogen and oxygen atoms in total. The molecule has 0 radical (unpaired) electrons. The minimum atomic E-state index is -0.168. The second kappa shape index (κ2) is 5.92. The number of hydrogen-bond donors (Lipinski definition) is 0. The van der Waals surface area contributed by atoms with Gasteiger partial charge in [0, 0.05) is 5.56 Å². The molecule has 0 fully saturated rings. The maximum absolute atomic E-state index is 13.2. The van der Waals surface area contributed by atoms with Gasteiger partial charge in [0.25, 0.3) is 0 Å². The lowest BCUT2D eigenvalue weighted by Gasteiger charge is -2.06.